The van der Waals surface area contributed by atoms with E-state index in [1.165, 1.54) is 0 Å². The van der Waals surface area contributed by atoms with Gasteiger partial charge in [-0.25, -0.2) is 5.84 Å². The summed E-state index contributed by atoms with van der Waals surface area (Å²) >= 11 is 0. The molecule has 18 heavy (non-hydrogen) atoms. The number of nitrogens with two attached hydrogens (primary N) is 1. The number of rotatable bonds is 8. The van der Waals surface area contributed by atoms with E-state index in [2.05, 4.69) is 5.43 Å². The van der Waals surface area contributed by atoms with Gasteiger partial charge in [0, 0.05) is 12.0 Å². The number of hydrogen-bond donors (Lipinski definition) is 3. The number of ether oxygens (including phenoxy) is 1. The third kappa shape index (κ3) is 5.16. The average Bonchev–Trinajstić information content (AvgIpc) is 2.42. The van der Waals surface area contributed by atoms with Gasteiger partial charge in [0.05, 0.1) is 13.2 Å². The largest absolute Gasteiger partial charge is 0.493 e. The Balaban J connectivity index is 2.16. The summed E-state index contributed by atoms with van der Waals surface area (Å²) in [6.45, 7) is 0.564. The number of carbonyl (C=O) groups excluding carboxylic acids is 1. The van der Waals surface area contributed by atoms with E-state index in [1.807, 2.05) is 24.3 Å². The molecule has 0 fully saturated rings. The van der Waals surface area contributed by atoms with Gasteiger partial charge in [-0.15, -0.1) is 0 Å². The van der Waals surface area contributed by atoms with Crippen molar-refractivity contribution in [2.24, 2.45) is 5.84 Å². The van der Waals surface area contributed by atoms with Crippen LogP contribution >= 0.6 is 0 Å². The fourth-order valence-electron chi connectivity index (χ4n) is 1.59. The Hall–Kier alpha value is -1.59. The lowest BCUT2D eigenvalue weighted by Crippen LogP contribution is -2.29. The van der Waals surface area contributed by atoms with Crippen LogP contribution < -0.4 is 16.0 Å². The van der Waals surface area contributed by atoms with Crippen LogP contribution in [-0.2, 0) is 11.4 Å². The van der Waals surface area contributed by atoms with Gasteiger partial charge in [0.1, 0.15) is 5.75 Å². The molecule has 0 heterocycles. The van der Waals surface area contributed by atoms with Crippen molar-refractivity contribution in [1.29, 1.82) is 0 Å². The third-order valence-electron chi connectivity index (χ3n) is 2.61. The molecule has 1 rings (SSSR count). The molecule has 0 aliphatic rings. The van der Waals surface area contributed by atoms with Crippen LogP contribution in [0.1, 0.15) is 31.2 Å². The second-order valence-corrected chi connectivity index (χ2v) is 3.99. The molecule has 0 spiro atoms. The lowest BCUT2D eigenvalue weighted by molar-refractivity contribution is -0.121. The van der Waals surface area contributed by atoms with Crippen LogP contribution in [0.25, 0.3) is 0 Å². The van der Waals surface area contributed by atoms with E-state index in [4.69, 9.17) is 15.7 Å². The normalized spacial score (nSPS) is 10.1. The Bertz CT molecular complexity index is 369. The maximum atomic E-state index is 10.9. The summed E-state index contributed by atoms with van der Waals surface area (Å²) in [6.07, 6.45) is 3.03. The minimum atomic E-state index is -0.137. The maximum absolute atomic E-state index is 10.9. The van der Waals surface area contributed by atoms with Gasteiger partial charge in [-0.1, -0.05) is 18.2 Å². The molecular weight excluding hydrogens is 232 g/mol. The van der Waals surface area contributed by atoms with Gasteiger partial charge in [0.25, 0.3) is 0 Å². The number of unbranched alkanes of at least 4 members (excludes halogenated alkanes) is 2. The van der Waals surface area contributed by atoms with Crippen molar-refractivity contribution >= 4 is 5.91 Å². The second kappa shape index (κ2) is 8.49. The van der Waals surface area contributed by atoms with Crippen LogP contribution in [0.5, 0.6) is 5.75 Å². The van der Waals surface area contributed by atoms with Crippen molar-refractivity contribution in [2.45, 2.75) is 32.3 Å². The Morgan fingerprint density at radius 1 is 1.28 bits per heavy atom. The highest BCUT2D eigenvalue weighted by Crippen LogP contribution is 2.18. The molecule has 0 saturated carbocycles. The van der Waals surface area contributed by atoms with Gasteiger partial charge >= 0.3 is 0 Å². The van der Waals surface area contributed by atoms with Gasteiger partial charge in [0.15, 0.2) is 0 Å². The summed E-state index contributed by atoms with van der Waals surface area (Å²) in [5.41, 5.74) is 2.89. The number of benzene rings is 1. The van der Waals surface area contributed by atoms with Gasteiger partial charge in [0.2, 0.25) is 5.91 Å². The lowest BCUT2D eigenvalue weighted by Gasteiger charge is -2.09. The molecule has 1 aromatic carbocycles. The SMILES string of the molecule is NNC(=O)CCCCCOc1ccccc1CO. The molecule has 100 valence electrons. The van der Waals surface area contributed by atoms with Crippen molar-refractivity contribution < 1.29 is 14.6 Å². The predicted molar refractivity (Wildman–Crippen MR) is 68.7 cm³/mol. The summed E-state index contributed by atoms with van der Waals surface area (Å²) in [6, 6.07) is 7.41. The first-order valence-corrected chi connectivity index (χ1v) is 6.09. The van der Waals surface area contributed by atoms with E-state index in [9.17, 15) is 4.79 Å². The van der Waals surface area contributed by atoms with Crippen LogP contribution in [0.4, 0.5) is 0 Å². The highest BCUT2D eigenvalue weighted by atomic mass is 16.5. The molecule has 5 nitrogen and oxygen atoms in total. The second-order valence-electron chi connectivity index (χ2n) is 3.99. The molecule has 0 bridgehead atoms. The average molecular weight is 252 g/mol. The van der Waals surface area contributed by atoms with Crippen molar-refractivity contribution in [1.82, 2.24) is 5.43 Å². The molecule has 1 aromatic rings. The molecule has 0 unspecified atom stereocenters. The van der Waals surface area contributed by atoms with Crippen LogP contribution in [-0.4, -0.2) is 17.6 Å². The van der Waals surface area contributed by atoms with Crippen LogP contribution in [0.2, 0.25) is 0 Å². The highest BCUT2D eigenvalue weighted by molar-refractivity contribution is 5.74. The van der Waals surface area contributed by atoms with E-state index in [1.54, 1.807) is 0 Å². The quantitative estimate of drug-likeness (QED) is 0.280. The third-order valence-corrected chi connectivity index (χ3v) is 2.61. The van der Waals surface area contributed by atoms with Crippen molar-refractivity contribution in [3.05, 3.63) is 29.8 Å². The van der Waals surface area contributed by atoms with E-state index < -0.39 is 0 Å². The fourth-order valence-corrected chi connectivity index (χ4v) is 1.59. The zero-order chi connectivity index (χ0) is 13.2. The van der Waals surface area contributed by atoms with Gasteiger partial charge in [-0.2, -0.15) is 0 Å². The van der Waals surface area contributed by atoms with E-state index in [0.29, 0.717) is 13.0 Å². The Morgan fingerprint density at radius 2 is 2.06 bits per heavy atom. The first-order chi connectivity index (χ1) is 8.77. The number of aliphatic hydroxyl groups excluding tert-OH is 1. The van der Waals surface area contributed by atoms with E-state index in [0.717, 1.165) is 30.6 Å². The van der Waals surface area contributed by atoms with Gasteiger partial charge in [-0.05, 0) is 25.3 Å². The van der Waals surface area contributed by atoms with Gasteiger partial charge in [-0.3, -0.25) is 10.2 Å². The Labute approximate surface area is 107 Å². The monoisotopic (exact) mass is 252 g/mol. The first-order valence-electron chi connectivity index (χ1n) is 6.09. The molecule has 0 aliphatic heterocycles. The summed E-state index contributed by atoms with van der Waals surface area (Å²) in [7, 11) is 0. The molecule has 0 atom stereocenters. The molecule has 5 heteroatoms. The Kier molecular flexibility index (Phi) is 6.83. The number of para-hydroxylation sites is 1. The zero-order valence-electron chi connectivity index (χ0n) is 10.4. The first kappa shape index (κ1) is 14.5. The topological polar surface area (TPSA) is 84.6 Å². The summed E-state index contributed by atoms with van der Waals surface area (Å²) in [5.74, 6) is 5.56. The molecule has 0 aliphatic carbocycles. The minimum Gasteiger partial charge on any atom is -0.493 e. The van der Waals surface area contributed by atoms with Crippen LogP contribution in [0.15, 0.2) is 24.3 Å². The van der Waals surface area contributed by atoms with Crippen LogP contribution in [0, 0.1) is 0 Å². The maximum Gasteiger partial charge on any atom is 0.233 e. The van der Waals surface area contributed by atoms with E-state index >= 15 is 0 Å². The van der Waals surface area contributed by atoms with Crippen LogP contribution in [0.3, 0.4) is 0 Å². The van der Waals surface area contributed by atoms with Crippen molar-refractivity contribution in [2.75, 3.05) is 6.61 Å². The molecule has 1 amide bonds. The smallest absolute Gasteiger partial charge is 0.233 e. The summed E-state index contributed by atoms with van der Waals surface area (Å²) < 4.78 is 5.58. The number of hydrogen-bond acceptors (Lipinski definition) is 4. The number of carbonyl (C=O) groups is 1. The number of nitrogens with one attached hydrogen (secondary N) is 1. The number of amides is 1. The van der Waals surface area contributed by atoms with Crippen molar-refractivity contribution in [3.63, 3.8) is 0 Å². The number of aliphatic hydroxyl groups is 1. The van der Waals surface area contributed by atoms with E-state index in [-0.39, 0.29) is 12.5 Å². The highest BCUT2D eigenvalue weighted by Gasteiger charge is 2.01. The molecular formula is C13H20N2O3. The summed E-state index contributed by atoms with van der Waals surface area (Å²) in [5, 5.41) is 9.11. The van der Waals surface area contributed by atoms with Gasteiger partial charge < -0.3 is 9.84 Å². The lowest BCUT2D eigenvalue weighted by atomic mass is 10.2. The van der Waals surface area contributed by atoms with Crippen molar-refractivity contribution in [3.8, 4) is 5.75 Å². The molecule has 0 aromatic heterocycles. The standard InChI is InChI=1S/C13H20N2O3/c14-15-13(17)8-2-1-5-9-18-12-7-4-3-6-11(12)10-16/h3-4,6-7,16H,1-2,5,8-10,14H2,(H,15,17). The molecule has 0 saturated heterocycles. The predicted octanol–water partition coefficient (Wildman–Crippen LogP) is 1.11. The minimum absolute atomic E-state index is 0.0210. The zero-order valence-corrected chi connectivity index (χ0v) is 10.4. The summed E-state index contributed by atoms with van der Waals surface area (Å²) in [4.78, 5) is 10.9. The fraction of sp³-hybridized carbons (Fsp3) is 0.462. The molecule has 0 radical (unpaired) electrons. The Morgan fingerprint density at radius 3 is 2.78 bits per heavy atom. The number of hydrazine groups is 1. The molecule has 4 N–H and O–H groups in total.